The number of aromatic nitrogens is 2. The highest BCUT2D eigenvalue weighted by molar-refractivity contribution is 6.17. The minimum absolute atomic E-state index is 0.0109. The lowest BCUT2D eigenvalue weighted by molar-refractivity contribution is -1.11. The van der Waals surface area contributed by atoms with Crippen LogP contribution in [0.3, 0.4) is 0 Å². The number of alkyl halides is 1. The van der Waals surface area contributed by atoms with E-state index in [1.54, 1.807) is 25.3 Å². The SMILES string of the molecule is C=C(/C=C\C(=C/C)c1cncc(OCC)n1)NC(=O)C(F)(CC)C(/C=C\C)=N/C(=C)N[NH+](C)O.CCCC.CCCC. The number of halogens is 1. The summed E-state index contributed by atoms with van der Waals surface area (Å²) >= 11 is 0. The van der Waals surface area contributed by atoms with E-state index in [-0.39, 0.29) is 28.8 Å². The van der Waals surface area contributed by atoms with E-state index in [4.69, 9.17) is 4.74 Å². The van der Waals surface area contributed by atoms with Gasteiger partial charge in [-0.05, 0) is 44.9 Å². The van der Waals surface area contributed by atoms with Gasteiger partial charge in [-0.2, -0.15) is 10.6 Å². The van der Waals surface area contributed by atoms with Gasteiger partial charge in [0.25, 0.3) is 5.91 Å². The molecule has 0 aliphatic rings. The molecular formula is C32H54FN6O3+. The van der Waals surface area contributed by atoms with Crippen LogP contribution in [-0.2, 0) is 4.79 Å². The number of rotatable bonds is 15. The van der Waals surface area contributed by atoms with E-state index in [0.717, 1.165) is 0 Å². The van der Waals surface area contributed by atoms with Gasteiger partial charge in [0.1, 0.15) is 7.05 Å². The topological polar surface area (TPSA) is 113 Å². The van der Waals surface area contributed by atoms with Crippen molar-refractivity contribution < 1.29 is 24.3 Å². The van der Waals surface area contributed by atoms with Crippen molar-refractivity contribution >= 4 is 17.2 Å². The van der Waals surface area contributed by atoms with E-state index in [1.807, 2.05) is 19.9 Å². The van der Waals surface area contributed by atoms with Crippen molar-refractivity contribution in [1.82, 2.24) is 20.7 Å². The summed E-state index contributed by atoms with van der Waals surface area (Å²) in [5.41, 5.74) is 1.30. The summed E-state index contributed by atoms with van der Waals surface area (Å²) in [6, 6.07) is 0. The molecule has 0 saturated carbocycles. The maximum absolute atomic E-state index is 15.8. The zero-order valence-electron chi connectivity index (χ0n) is 27.2. The number of unbranched alkanes of at least 4 members (excludes halogenated alkanes) is 2. The van der Waals surface area contributed by atoms with Crippen LogP contribution >= 0.6 is 0 Å². The molecule has 0 saturated heterocycles. The van der Waals surface area contributed by atoms with Crippen molar-refractivity contribution in [1.29, 1.82) is 0 Å². The molecule has 2 atom stereocenters. The van der Waals surface area contributed by atoms with Crippen molar-refractivity contribution in [3.63, 3.8) is 0 Å². The van der Waals surface area contributed by atoms with Gasteiger partial charge in [0, 0.05) is 5.70 Å². The second-order valence-corrected chi connectivity index (χ2v) is 9.04. The summed E-state index contributed by atoms with van der Waals surface area (Å²) in [6.07, 6.45) is 16.2. The molecule has 9 nitrogen and oxygen atoms in total. The number of aliphatic imine (C=N–C) groups is 1. The maximum atomic E-state index is 15.8. The number of carbonyl (C=O) groups excluding carboxylic acids is 1. The summed E-state index contributed by atoms with van der Waals surface area (Å²) in [4.78, 5) is 25.4. The van der Waals surface area contributed by atoms with E-state index in [2.05, 4.69) is 66.6 Å². The summed E-state index contributed by atoms with van der Waals surface area (Å²) in [5, 5.41) is 11.7. The van der Waals surface area contributed by atoms with Crippen LogP contribution in [0, 0.1) is 0 Å². The monoisotopic (exact) mass is 589 g/mol. The number of hydrogen-bond donors (Lipinski definition) is 4. The number of nitrogens with one attached hydrogen (secondary N) is 3. The van der Waals surface area contributed by atoms with Crippen molar-refractivity contribution in [2.75, 3.05) is 13.7 Å². The van der Waals surface area contributed by atoms with Crippen molar-refractivity contribution in [2.45, 2.75) is 93.2 Å². The van der Waals surface area contributed by atoms with Crippen molar-refractivity contribution in [3.05, 3.63) is 73.1 Å². The summed E-state index contributed by atoms with van der Waals surface area (Å²) in [7, 11) is 1.39. The van der Waals surface area contributed by atoms with Gasteiger partial charge in [0.2, 0.25) is 11.5 Å². The highest BCUT2D eigenvalue weighted by atomic mass is 19.1. The molecule has 0 aliphatic carbocycles. The number of nitrogens with zero attached hydrogens (tertiary/aromatic N) is 3. The third kappa shape index (κ3) is 16.6. The fraction of sp³-hybridized carbons (Fsp3) is 0.500. The first kappa shape index (κ1) is 40.5. The molecular weight excluding hydrogens is 535 g/mol. The Morgan fingerprint density at radius 1 is 1.07 bits per heavy atom. The molecule has 0 aromatic carbocycles. The molecule has 1 aromatic heterocycles. The van der Waals surface area contributed by atoms with Crippen LogP contribution in [0.25, 0.3) is 5.57 Å². The number of quaternary nitrogens is 1. The standard InChI is InChI=1S/C24H33FN6O3.2C4H10/c1-8-12-21(28-18(6)30-31(7)33)24(25,10-3)23(32)27-17(5)13-14-19(9-2)20-15-26-16-22(29-20)34-11-4;2*1-3-4-2/h8-9,12-16,30,33H,5-6,10-11H2,1-4,7H3,(H,27,32);2*3-4H2,1-2H3/p+1/b12-8-,14-13-,19-9+,28-21+;;. The Balaban J connectivity index is 0. The molecule has 42 heavy (non-hydrogen) atoms. The minimum atomic E-state index is -2.46. The van der Waals surface area contributed by atoms with Crippen LogP contribution in [-0.4, -0.2) is 46.1 Å². The summed E-state index contributed by atoms with van der Waals surface area (Å²) < 4.78 is 21.2. The van der Waals surface area contributed by atoms with E-state index in [9.17, 15) is 10.0 Å². The Kier molecular flexibility index (Phi) is 23.2. The van der Waals surface area contributed by atoms with Crippen LogP contribution in [0.2, 0.25) is 0 Å². The van der Waals surface area contributed by atoms with Crippen LogP contribution < -0.4 is 20.7 Å². The third-order valence-electron chi connectivity index (χ3n) is 5.41. The van der Waals surface area contributed by atoms with E-state index >= 15 is 4.39 Å². The molecule has 1 heterocycles. The van der Waals surface area contributed by atoms with Crippen LogP contribution in [0.5, 0.6) is 5.88 Å². The Hall–Kier alpha value is -3.63. The Labute approximate surface area is 253 Å². The van der Waals surface area contributed by atoms with Gasteiger partial charge >= 0.3 is 0 Å². The van der Waals surface area contributed by atoms with Crippen molar-refractivity contribution in [2.24, 2.45) is 4.99 Å². The highest BCUT2D eigenvalue weighted by Crippen LogP contribution is 2.22. The van der Waals surface area contributed by atoms with E-state index in [0.29, 0.717) is 23.8 Å². The first-order chi connectivity index (χ1) is 19.9. The number of ether oxygens (including phenoxy) is 1. The zero-order valence-corrected chi connectivity index (χ0v) is 27.2. The lowest BCUT2D eigenvalue weighted by atomic mass is 9.94. The number of hydrogen-bond acceptors (Lipinski definition) is 7. The van der Waals surface area contributed by atoms with Crippen LogP contribution in [0.4, 0.5) is 4.39 Å². The predicted molar refractivity (Wildman–Crippen MR) is 172 cm³/mol. The van der Waals surface area contributed by atoms with Gasteiger partial charge in [-0.25, -0.2) is 14.4 Å². The second-order valence-electron chi connectivity index (χ2n) is 9.04. The molecule has 10 heteroatoms. The number of hydroxylamine groups is 1. The average Bonchev–Trinajstić information content (AvgIpc) is 2.97. The van der Waals surface area contributed by atoms with Gasteiger partial charge in [-0.15, -0.1) is 0 Å². The minimum Gasteiger partial charge on any atom is -0.477 e. The molecule has 2 unspecified atom stereocenters. The third-order valence-corrected chi connectivity index (χ3v) is 5.41. The fourth-order valence-electron chi connectivity index (χ4n) is 2.77. The van der Waals surface area contributed by atoms with Gasteiger partial charge < -0.3 is 10.1 Å². The summed E-state index contributed by atoms with van der Waals surface area (Å²) in [5.74, 6) is -0.548. The lowest BCUT2D eigenvalue weighted by Gasteiger charge is -2.23. The quantitative estimate of drug-likeness (QED) is 0.112. The van der Waals surface area contributed by atoms with Gasteiger partial charge in [-0.3, -0.25) is 9.78 Å². The molecule has 0 radical (unpaired) electrons. The average molecular weight is 590 g/mol. The molecule has 0 bridgehead atoms. The summed E-state index contributed by atoms with van der Waals surface area (Å²) in [6.45, 7) is 23.5. The maximum Gasteiger partial charge on any atom is 0.268 e. The number of amides is 1. The zero-order chi connectivity index (χ0) is 32.6. The predicted octanol–water partition coefficient (Wildman–Crippen LogP) is 6.09. The fourth-order valence-corrected chi connectivity index (χ4v) is 2.77. The number of allylic oxidation sites excluding steroid dienone is 6. The van der Waals surface area contributed by atoms with Crippen LogP contribution in [0.15, 0.2) is 72.4 Å². The molecule has 0 spiro atoms. The molecule has 1 amide bonds. The molecule has 236 valence electrons. The van der Waals surface area contributed by atoms with Gasteiger partial charge in [0.15, 0.2) is 5.82 Å². The largest absolute Gasteiger partial charge is 0.477 e. The smallest absolute Gasteiger partial charge is 0.268 e. The molecule has 4 N–H and O–H groups in total. The molecule has 1 rings (SSSR count). The van der Waals surface area contributed by atoms with Crippen molar-refractivity contribution in [3.8, 4) is 5.88 Å². The van der Waals surface area contributed by atoms with E-state index < -0.39 is 11.6 Å². The highest BCUT2D eigenvalue weighted by Gasteiger charge is 2.41. The molecule has 0 aliphatic heterocycles. The Morgan fingerprint density at radius 2 is 1.67 bits per heavy atom. The normalized spacial score (nSPS) is 13.7. The lowest BCUT2D eigenvalue weighted by Crippen LogP contribution is -3.13. The van der Waals surface area contributed by atoms with Gasteiger partial charge in [0.05, 0.1) is 30.4 Å². The first-order valence-corrected chi connectivity index (χ1v) is 14.6. The van der Waals surface area contributed by atoms with E-state index in [1.165, 1.54) is 58.0 Å². The first-order valence-electron chi connectivity index (χ1n) is 14.6. The Bertz CT molecular complexity index is 1060. The molecule has 1 aromatic rings. The molecule has 0 fully saturated rings. The van der Waals surface area contributed by atoms with Gasteiger partial charge in [-0.1, -0.05) is 96.9 Å². The number of carbonyl (C=O) groups is 1. The Morgan fingerprint density at radius 3 is 2.12 bits per heavy atom. The van der Waals surface area contributed by atoms with Crippen LogP contribution in [0.1, 0.15) is 93.2 Å². The second kappa shape index (κ2) is 24.0.